The summed E-state index contributed by atoms with van der Waals surface area (Å²) in [7, 11) is 0. The number of hydrogen-bond acceptors (Lipinski definition) is 0. The van der Waals surface area contributed by atoms with Crippen LogP contribution in [0.3, 0.4) is 0 Å². The van der Waals surface area contributed by atoms with Gasteiger partial charge >= 0.3 is 51.4 Å². The molecule has 0 saturated heterocycles. The molecule has 3 nitrogen and oxygen atoms in total. The van der Waals surface area contributed by atoms with E-state index in [1.807, 2.05) is 0 Å². The maximum absolute atomic E-state index is 3.30. The molecule has 0 bridgehead atoms. The molecule has 0 saturated carbocycles. The van der Waals surface area contributed by atoms with Gasteiger partial charge in [-0.25, -0.2) is 0 Å². The summed E-state index contributed by atoms with van der Waals surface area (Å²) in [5.74, 6) is 0. The molecule has 0 fully saturated rings. The summed E-state index contributed by atoms with van der Waals surface area (Å²) < 4.78 is 0. The standard InChI is InChI=1S/3BrH.3H2O.Zr/h3*1H;3*1H2;/q;;;;;;+3/p-3. The van der Waals surface area contributed by atoms with Gasteiger partial charge in [0.05, 0.1) is 0 Å². The SMILES string of the molecule is O.O.O.[Br][Zr]([Br])[Br]. The van der Waals surface area contributed by atoms with Crippen LogP contribution < -0.4 is 0 Å². The zero-order chi connectivity index (χ0) is 3.58. The van der Waals surface area contributed by atoms with Crippen LogP contribution in [-0.4, -0.2) is 16.4 Å². The molecule has 0 heterocycles. The van der Waals surface area contributed by atoms with E-state index in [-0.39, 0.29) is 16.4 Å². The van der Waals surface area contributed by atoms with Crippen molar-refractivity contribution in [3.05, 3.63) is 0 Å². The second-order valence-electron chi connectivity index (χ2n) is 0.214. The second kappa shape index (κ2) is 15.7. The maximum atomic E-state index is 3.30. The fraction of sp³-hybridized carbons (Fsp3) is 0. The Morgan fingerprint density at radius 2 is 0.714 bits per heavy atom. The minimum atomic E-state index is -1.11. The van der Waals surface area contributed by atoms with E-state index in [1.165, 1.54) is 0 Å². The van der Waals surface area contributed by atoms with Crippen LogP contribution in [0, 0.1) is 0 Å². The van der Waals surface area contributed by atoms with Crippen molar-refractivity contribution in [2.24, 2.45) is 0 Å². The van der Waals surface area contributed by atoms with E-state index in [0.717, 1.165) is 0 Å². The van der Waals surface area contributed by atoms with Crippen LogP contribution in [0.25, 0.3) is 0 Å². The van der Waals surface area contributed by atoms with Gasteiger partial charge in [-0.05, 0) is 0 Å². The van der Waals surface area contributed by atoms with Crippen LogP contribution in [0.1, 0.15) is 0 Å². The quantitative estimate of drug-likeness (QED) is 0.564. The topological polar surface area (TPSA) is 94.5 Å². The van der Waals surface area contributed by atoms with Crippen molar-refractivity contribution in [2.75, 3.05) is 0 Å². The van der Waals surface area contributed by atoms with Gasteiger partial charge in [-0.15, -0.1) is 0 Å². The first-order chi connectivity index (χ1) is 1.73. The van der Waals surface area contributed by atoms with Gasteiger partial charge in [0.2, 0.25) is 0 Å². The van der Waals surface area contributed by atoms with E-state index in [4.69, 9.17) is 0 Å². The molecule has 0 rings (SSSR count). The Balaban J connectivity index is -0.0000000150. The Morgan fingerprint density at radius 3 is 0.714 bits per heavy atom. The van der Waals surface area contributed by atoms with Gasteiger partial charge in [0.25, 0.3) is 0 Å². The average Bonchev–Trinajstić information content (AvgIpc) is 0.811. The zero-order valence-corrected chi connectivity index (χ0v) is 10.3. The van der Waals surface area contributed by atoms with Crippen molar-refractivity contribution in [3.63, 3.8) is 0 Å². The Morgan fingerprint density at radius 1 is 0.714 bits per heavy atom. The average molecular weight is 385 g/mol. The van der Waals surface area contributed by atoms with Crippen molar-refractivity contribution in [3.8, 4) is 0 Å². The van der Waals surface area contributed by atoms with Gasteiger partial charge in [-0.1, -0.05) is 0 Å². The summed E-state index contributed by atoms with van der Waals surface area (Å²) in [4.78, 5) is 0. The van der Waals surface area contributed by atoms with Gasteiger partial charge in [0.1, 0.15) is 0 Å². The first-order valence-electron chi connectivity index (χ1n) is 0.567. The van der Waals surface area contributed by atoms with Crippen LogP contribution in [0.15, 0.2) is 0 Å². The van der Waals surface area contributed by atoms with Gasteiger partial charge in [0, 0.05) is 0 Å². The van der Waals surface area contributed by atoms with Gasteiger partial charge in [-0.3, -0.25) is 0 Å². The summed E-state index contributed by atoms with van der Waals surface area (Å²) in [5, 5.41) is 0. The Bertz CT molecular complexity index is 14.9. The van der Waals surface area contributed by atoms with E-state index in [0.29, 0.717) is 0 Å². The summed E-state index contributed by atoms with van der Waals surface area (Å²) in [6.07, 6.45) is 0. The molecule has 0 atom stereocenters. The molecule has 0 aromatic rings. The molecule has 0 aromatic heterocycles. The molecule has 7 heavy (non-hydrogen) atoms. The van der Waals surface area contributed by atoms with Crippen molar-refractivity contribution in [1.29, 1.82) is 0 Å². The molecule has 0 unspecified atom stereocenters. The van der Waals surface area contributed by atoms with Crippen LogP contribution in [0.4, 0.5) is 0 Å². The fourth-order valence-corrected chi connectivity index (χ4v) is 0. The van der Waals surface area contributed by atoms with Crippen LogP contribution >= 0.6 is 36.7 Å². The third-order valence-electron chi connectivity index (χ3n) is 0. The van der Waals surface area contributed by atoms with Gasteiger partial charge in [-0.2, -0.15) is 0 Å². The van der Waals surface area contributed by atoms with Crippen LogP contribution in [0.5, 0.6) is 0 Å². The molecule has 49 valence electrons. The van der Waals surface area contributed by atoms with Gasteiger partial charge < -0.3 is 16.4 Å². The molecule has 0 spiro atoms. The Hall–Kier alpha value is 2.20. The molecular formula is H6Br3O3Zr. The normalized spacial score (nSPS) is 3.86. The van der Waals surface area contributed by atoms with E-state index in [1.54, 1.807) is 0 Å². The minimum absolute atomic E-state index is 0. The first-order valence-corrected chi connectivity index (χ1v) is 17.4. The molecule has 6 N–H and O–H groups in total. The molecule has 0 aliphatic rings. The number of halogens is 3. The molecule has 0 amide bonds. The molecule has 0 aromatic carbocycles. The third kappa shape index (κ3) is 65.0. The predicted molar refractivity (Wildman–Crippen MR) is 37.6 cm³/mol. The summed E-state index contributed by atoms with van der Waals surface area (Å²) >= 11 is 8.80. The van der Waals surface area contributed by atoms with E-state index in [2.05, 4.69) is 36.7 Å². The predicted octanol–water partition coefficient (Wildman–Crippen LogP) is 0.0602. The van der Waals surface area contributed by atoms with Crippen molar-refractivity contribution in [1.82, 2.24) is 0 Å². The number of hydrogen-bond donors (Lipinski definition) is 0. The number of rotatable bonds is 0. The van der Waals surface area contributed by atoms with Crippen LogP contribution in [-0.2, 0) is 14.7 Å². The molecule has 0 radical (unpaired) electrons. The van der Waals surface area contributed by atoms with E-state index in [9.17, 15) is 0 Å². The molecule has 0 aliphatic carbocycles. The zero-order valence-electron chi connectivity index (χ0n) is 3.13. The second-order valence-corrected chi connectivity index (χ2v) is 34.2. The Kier molecular flexibility index (Phi) is 51.4. The third-order valence-corrected chi connectivity index (χ3v) is 0. The fourth-order valence-electron chi connectivity index (χ4n) is 0. The first kappa shape index (κ1) is 22.9. The van der Waals surface area contributed by atoms with Gasteiger partial charge in [0.15, 0.2) is 0 Å². The summed E-state index contributed by atoms with van der Waals surface area (Å²) in [6, 6.07) is 0. The van der Waals surface area contributed by atoms with E-state index < -0.39 is 14.7 Å². The summed E-state index contributed by atoms with van der Waals surface area (Å²) in [5.41, 5.74) is 0. The molecule has 7 heteroatoms. The van der Waals surface area contributed by atoms with Crippen molar-refractivity contribution >= 4 is 36.7 Å². The Labute approximate surface area is 66.8 Å². The van der Waals surface area contributed by atoms with Crippen molar-refractivity contribution in [2.45, 2.75) is 0 Å². The van der Waals surface area contributed by atoms with E-state index >= 15 is 0 Å². The molecule has 0 aliphatic heterocycles. The molecular weight excluding hydrogens is 379 g/mol. The van der Waals surface area contributed by atoms with Crippen molar-refractivity contribution < 1.29 is 31.1 Å². The summed E-state index contributed by atoms with van der Waals surface area (Å²) in [6.45, 7) is 0. The monoisotopic (exact) mass is 381 g/mol. The van der Waals surface area contributed by atoms with Crippen LogP contribution in [0.2, 0.25) is 0 Å².